The van der Waals surface area contributed by atoms with E-state index in [1.54, 1.807) is 0 Å². The zero-order valence-electron chi connectivity index (χ0n) is 13.7. The predicted octanol–water partition coefficient (Wildman–Crippen LogP) is 3.80. The molecule has 20 heavy (non-hydrogen) atoms. The first-order valence-corrected chi connectivity index (χ1v) is 8.07. The number of nitrogens with zero attached hydrogens (tertiary/aromatic N) is 1. The summed E-state index contributed by atoms with van der Waals surface area (Å²) in [4.78, 5) is 2.61. The molecule has 0 bridgehead atoms. The Morgan fingerprint density at radius 3 is 2.35 bits per heavy atom. The summed E-state index contributed by atoms with van der Waals surface area (Å²) in [5, 5.41) is 0. The highest BCUT2D eigenvalue weighted by Crippen LogP contribution is 2.25. The van der Waals surface area contributed by atoms with E-state index in [4.69, 9.17) is 5.73 Å². The van der Waals surface area contributed by atoms with Crippen molar-refractivity contribution in [3.8, 4) is 0 Å². The van der Waals surface area contributed by atoms with Crippen LogP contribution in [0.2, 0.25) is 0 Å². The summed E-state index contributed by atoms with van der Waals surface area (Å²) < 4.78 is 0. The number of hydrogen-bond donors (Lipinski definition) is 1. The number of rotatable bonds is 9. The molecule has 0 aliphatic heterocycles. The minimum absolute atomic E-state index is 0.0401. The van der Waals surface area contributed by atoms with Crippen LogP contribution in [-0.4, -0.2) is 30.6 Å². The molecule has 2 nitrogen and oxygen atoms in total. The number of nitrogens with two attached hydrogens (primary N) is 1. The van der Waals surface area contributed by atoms with Gasteiger partial charge in [0.05, 0.1) is 0 Å². The molecular weight excluding hydrogens is 244 g/mol. The Balaban J connectivity index is 2.87. The molecule has 2 atom stereocenters. The Morgan fingerprint density at radius 2 is 1.85 bits per heavy atom. The van der Waals surface area contributed by atoms with Gasteiger partial charge in [-0.25, -0.2) is 0 Å². The molecule has 0 heterocycles. The summed E-state index contributed by atoms with van der Waals surface area (Å²) in [6.45, 7) is 12.1. The van der Waals surface area contributed by atoms with Gasteiger partial charge >= 0.3 is 0 Å². The van der Waals surface area contributed by atoms with Gasteiger partial charge in [0.2, 0.25) is 0 Å². The fourth-order valence-electron chi connectivity index (χ4n) is 2.64. The van der Waals surface area contributed by atoms with Crippen molar-refractivity contribution in [1.82, 2.24) is 4.90 Å². The van der Waals surface area contributed by atoms with Gasteiger partial charge in [0, 0.05) is 24.5 Å². The monoisotopic (exact) mass is 276 g/mol. The van der Waals surface area contributed by atoms with Crippen LogP contribution in [0.5, 0.6) is 0 Å². The first-order valence-electron chi connectivity index (χ1n) is 8.07. The van der Waals surface area contributed by atoms with Crippen LogP contribution in [0, 0.1) is 0 Å². The molecular formula is C18H32N2. The van der Waals surface area contributed by atoms with Gasteiger partial charge in [-0.05, 0) is 31.9 Å². The number of benzene rings is 1. The molecule has 0 aliphatic carbocycles. The zero-order chi connectivity index (χ0) is 15.0. The van der Waals surface area contributed by atoms with E-state index in [0.717, 1.165) is 6.54 Å². The van der Waals surface area contributed by atoms with E-state index in [-0.39, 0.29) is 5.41 Å². The van der Waals surface area contributed by atoms with Gasteiger partial charge in [-0.1, -0.05) is 57.5 Å². The van der Waals surface area contributed by atoms with Gasteiger partial charge in [0.1, 0.15) is 0 Å². The molecule has 0 saturated heterocycles. The summed E-state index contributed by atoms with van der Waals surface area (Å²) in [6.07, 6.45) is 3.70. The molecule has 0 saturated carbocycles. The highest BCUT2D eigenvalue weighted by molar-refractivity contribution is 5.25. The maximum atomic E-state index is 6.13. The molecule has 0 spiro atoms. The van der Waals surface area contributed by atoms with Crippen molar-refractivity contribution in [3.05, 3.63) is 35.9 Å². The van der Waals surface area contributed by atoms with Crippen molar-refractivity contribution < 1.29 is 0 Å². The van der Waals surface area contributed by atoms with Crippen LogP contribution in [0.25, 0.3) is 0 Å². The minimum atomic E-state index is 0.0401. The molecule has 2 heteroatoms. The average Bonchev–Trinajstić information content (AvgIpc) is 2.51. The Labute approximate surface area is 125 Å². The zero-order valence-corrected chi connectivity index (χ0v) is 13.7. The molecule has 0 aliphatic rings. The van der Waals surface area contributed by atoms with E-state index < -0.39 is 0 Å². The molecule has 0 fully saturated rings. The SMILES string of the molecule is CCCCN(CC(C)(CN)c1ccccc1)C(C)CC. The number of unbranched alkanes of at least 4 members (excludes halogenated alkanes) is 1. The van der Waals surface area contributed by atoms with Crippen molar-refractivity contribution in [1.29, 1.82) is 0 Å². The van der Waals surface area contributed by atoms with Crippen molar-refractivity contribution >= 4 is 0 Å². The maximum absolute atomic E-state index is 6.13. The molecule has 2 N–H and O–H groups in total. The van der Waals surface area contributed by atoms with Crippen LogP contribution in [0.15, 0.2) is 30.3 Å². The van der Waals surface area contributed by atoms with Gasteiger partial charge in [0.25, 0.3) is 0 Å². The van der Waals surface area contributed by atoms with Gasteiger partial charge in [-0.2, -0.15) is 0 Å². The summed E-state index contributed by atoms with van der Waals surface area (Å²) in [5.41, 5.74) is 7.53. The van der Waals surface area contributed by atoms with Gasteiger partial charge < -0.3 is 5.73 Å². The standard InChI is InChI=1S/C18H32N2/c1-5-7-13-20(16(3)6-2)15-18(4,14-19)17-11-9-8-10-12-17/h8-12,16H,5-7,13-15,19H2,1-4H3. The lowest BCUT2D eigenvalue weighted by molar-refractivity contribution is 0.161. The first-order chi connectivity index (χ1) is 9.57. The molecule has 114 valence electrons. The second-order valence-corrected chi connectivity index (χ2v) is 6.21. The first kappa shape index (κ1) is 17.2. The Hall–Kier alpha value is -0.860. The van der Waals surface area contributed by atoms with Crippen LogP contribution in [0.1, 0.15) is 52.5 Å². The molecule has 0 amide bonds. The Morgan fingerprint density at radius 1 is 1.20 bits per heavy atom. The average molecular weight is 276 g/mol. The minimum Gasteiger partial charge on any atom is -0.330 e. The van der Waals surface area contributed by atoms with E-state index in [1.165, 1.54) is 31.4 Å². The van der Waals surface area contributed by atoms with Crippen LogP contribution in [0.4, 0.5) is 0 Å². The summed E-state index contributed by atoms with van der Waals surface area (Å²) >= 11 is 0. The van der Waals surface area contributed by atoms with Gasteiger partial charge in [-0.15, -0.1) is 0 Å². The fraction of sp³-hybridized carbons (Fsp3) is 0.667. The molecule has 0 radical (unpaired) electrons. The van der Waals surface area contributed by atoms with Crippen molar-refractivity contribution in [2.45, 2.75) is 58.4 Å². The van der Waals surface area contributed by atoms with E-state index in [2.05, 4.69) is 62.9 Å². The third kappa shape index (κ3) is 4.60. The highest BCUT2D eigenvalue weighted by atomic mass is 15.2. The lowest BCUT2D eigenvalue weighted by Gasteiger charge is -2.38. The lowest BCUT2D eigenvalue weighted by atomic mass is 9.81. The molecule has 2 unspecified atom stereocenters. The Bertz CT molecular complexity index is 363. The van der Waals surface area contributed by atoms with E-state index >= 15 is 0 Å². The Kier molecular flexibility index (Phi) is 7.25. The third-order valence-corrected chi connectivity index (χ3v) is 4.49. The van der Waals surface area contributed by atoms with E-state index in [9.17, 15) is 0 Å². The predicted molar refractivity (Wildman–Crippen MR) is 89.1 cm³/mol. The summed E-state index contributed by atoms with van der Waals surface area (Å²) in [6, 6.07) is 11.3. The normalized spacial score (nSPS) is 16.1. The second kappa shape index (κ2) is 8.43. The molecule has 0 aromatic heterocycles. The molecule has 1 rings (SSSR count). The van der Waals surface area contributed by atoms with E-state index in [0.29, 0.717) is 12.6 Å². The maximum Gasteiger partial charge on any atom is 0.0174 e. The third-order valence-electron chi connectivity index (χ3n) is 4.49. The van der Waals surface area contributed by atoms with Crippen molar-refractivity contribution in [2.75, 3.05) is 19.6 Å². The number of hydrogen-bond acceptors (Lipinski definition) is 2. The quantitative estimate of drug-likeness (QED) is 0.743. The van der Waals surface area contributed by atoms with E-state index in [1.807, 2.05) is 0 Å². The van der Waals surface area contributed by atoms with Crippen LogP contribution in [0.3, 0.4) is 0 Å². The van der Waals surface area contributed by atoms with Gasteiger partial charge in [-0.3, -0.25) is 4.90 Å². The van der Waals surface area contributed by atoms with Crippen molar-refractivity contribution in [2.24, 2.45) is 5.73 Å². The largest absolute Gasteiger partial charge is 0.330 e. The summed E-state index contributed by atoms with van der Waals surface area (Å²) in [7, 11) is 0. The highest BCUT2D eigenvalue weighted by Gasteiger charge is 2.29. The topological polar surface area (TPSA) is 29.3 Å². The lowest BCUT2D eigenvalue weighted by Crippen LogP contribution is -2.47. The molecule has 1 aromatic carbocycles. The van der Waals surface area contributed by atoms with Crippen LogP contribution >= 0.6 is 0 Å². The van der Waals surface area contributed by atoms with Gasteiger partial charge in [0.15, 0.2) is 0 Å². The van der Waals surface area contributed by atoms with Crippen LogP contribution in [-0.2, 0) is 5.41 Å². The molecule has 1 aromatic rings. The fourth-order valence-corrected chi connectivity index (χ4v) is 2.64. The second-order valence-electron chi connectivity index (χ2n) is 6.21. The van der Waals surface area contributed by atoms with Crippen molar-refractivity contribution in [3.63, 3.8) is 0 Å². The smallest absolute Gasteiger partial charge is 0.0174 e. The summed E-state index contributed by atoms with van der Waals surface area (Å²) in [5.74, 6) is 0. The van der Waals surface area contributed by atoms with Crippen LogP contribution < -0.4 is 5.73 Å².